The van der Waals surface area contributed by atoms with Crippen molar-refractivity contribution in [3.63, 3.8) is 0 Å². The van der Waals surface area contributed by atoms with Gasteiger partial charge in [0.05, 0.1) is 0 Å². The molecule has 2 aromatic rings. The summed E-state index contributed by atoms with van der Waals surface area (Å²) in [4.78, 5) is 9.73. The Morgan fingerprint density at radius 3 is 2.44 bits per heavy atom. The maximum absolute atomic E-state index is 5.97. The second-order valence-electron chi connectivity index (χ2n) is 4.77. The van der Waals surface area contributed by atoms with Crippen LogP contribution < -0.4 is 10.6 Å². The van der Waals surface area contributed by atoms with Crippen LogP contribution in [0.2, 0.25) is 0 Å². The molecular formula is C14H20N4. The third-order valence-electron chi connectivity index (χ3n) is 2.92. The van der Waals surface area contributed by atoms with Crippen molar-refractivity contribution in [1.29, 1.82) is 0 Å². The molecule has 3 N–H and O–H groups in total. The van der Waals surface area contributed by atoms with Crippen molar-refractivity contribution >= 4 is 11.6 Å². The van der Waals surface area contributed by atoms with Crippen LogP contribution in [-0.4, -0.2) is 16.0 Å². The molecular weight excluding hydrogens is 224 g/mol. The Labute approximate surface area is 108 Å². The van der Waals surface area contributed by atoms with Gasteiger partial charge in [-0.05, 0) is 26.3 Å². The van der Waals surface area contributed by atoms with Crippen LogP contribution in [0, 0.1) is 6.92 Å². The van der Waals surface area contributed by atoms with Crippen molar-refractivity contribution < 1.29 is 0 Å². The number of aryl methyl sites for hydroxylation is 1. The van der Waals surface area contributed by atoms with Crippen LogP contribution in [0.15, 0.2) is 30.3 Å². The molecule has 1 heterocycles. The summed E-state index contributed by atoms with van der Waals surface area (Å²) in [6.07, 6.45) is 0. The summed E-state index contributed by atoms with van der Waals surface area (Å²) in [6, 6.07) is 10.7. The van der Waals surface area contributed by atoms with Crippen LogP contribution in [0.4, 0.5) is 11.6 Å². The number of aromatic amines is 1. The lowest BCUT2D eigenvalue weighted by atomic mass is 10.2. The third kappa shape index (κ3) is 2.64. The molecule has 1 aromatic carbocycles. The molecule has 0 saturated heterocycles. The number of benzene rings is 1. The molecule has 0 bridgehead atoms. The molecule has 0 radical (unpaired) electrons. The zero-order chi connectivity index (χ0) is 13.1. The largest absolute Gasteiger partial charge is 0.382 e. The summed E-state index contributed by atoms with van der Waals surface area (Å²) in [5.74, 6) is 2.32. The van der Waals surface area contributed by atoms with Crippen molar-refractivity contribution in [2.75, 3.05) is 10.6 Å². The fourth-order valence-corrected chi connectivity index (χ4v) is 2.00. The Morgan fingerprint density at radius 1 is 1.28 bits per heavy atom. The van der Waals surface area contributed by atoms with Crippen molar-refractivity contribution in [3.05, 3.63) is 41.7 Å². The first-order chi connectivity index (χ1) is 8.58. The van der Waals surface area contributed by atoms with E-state index < -0.39 is 0 Å². The van der Waals surface area contributed by atoms with Crippen molar-refractivity contribution in [3.8, 4) is 0 Å². The molecule has 4 heteroatoms. The molecule has 2 rings (SSSR count). The number of nitrogen functional groups attached to an aromatic ring is 1. The van der Waals surface area contributed by atoms with Gasteiger partial charge >= 0.3 is 0 Å². The van der Waals surface area contributed by atoms with Crippen LogP contribution >= 0.6 is 0 Å². The maximum Gasteiger partial charge on any atom is 0.171 e. The summed E-state index contributed by atoms with van der Waals surface area (Å²) < 4.78 is 0. The molecule has 0 aliphatic carbocycles. The number of rotatable bonds is 4. The van der Waals surface area contributed by atoms with E-state index in [1.807, 2.05) is 25.1 Å². The third-order valence-corrected chi connectivity index (χ3v) is 2.92. The summed E-state index contributed by atoms with van der Waals surface area (Å²) in [5, 5.41) is 0. The first-order valence-electron chi connectivity index (χ1n) is 6.20. The normalized spacial score (nSPS) is 10.9. The highest BCUT2D eigenvalue weighted by Crippen LogP contribution is 2.24. The lowest BCUT2D eigenvalue weighted by molar-refractivity contribution is 0.675. The van der Waals surface area contributed by atoms with Gasteiger partial charge in [-0.2, -0.15) is 0 Å². The van der Waals surface area contributed by atoms with Crippen LogP contribution in [0.1, 0.15) is 25.2 Å². The molecule has 0 spiro atoms. The van der Waals surface area contributed by atoms with Crippen molar-refractivity contribution in [2.24, 2.45) is 0 Å². The van der Waals surface area contributed by atoms with Gasteiger partial charge in [-0.15, -0.1) is 0 Å². The molecule has 0 atom stereocenters. The zero-order valence-corrected chi connectivity index (χ0v) is 11.1. The van der Waals surface area contributed by atoms with Crippen LogP contribution in [-0.2, 0) is 6.54 Å². The predicted molar refractivity (Wildman–Crippen MR) is 75.5 cm³/mol. The van der Waals surface area contributed by atoms with Crippen LogP contribution in [0.5, 0.6) is 0 Å². The number of hydrogen-bond donors (Lipinski definition) is 2. The standard InChI is InChI=1S/C14H20N4/c1-10(2)18(9-12-7-5-4-6-8-12)14-13(15)16-11(3)17-14/h4-8,10H,9,15H2,1-3H3,(H,16,17). The van der Waals surface area contributed by atoms with E-state index in [0.29, 0.717) is 11.9 Å². The van der Waals surface area contributed by atoms with Crippen molar-refractivity contribution in [1.82, 2.24) is 9.97 Å². The highest BCUT2D eigenvalue weighted by molar-refractivity contribution is 5.59. The predicted octanol–water partition coefficient (Wildman–Crippen LogP) is 2.72. The molecule has 4 nitrogen and oxygen atoms in total. The van der Waals surface area contributed by atoms with E-state index in [1.54, 1.807) is 0 Å². The highest BCUT2D eigenvalue weighted by Gasteiger charge is 2.17. The Balaban J connectivity index is 2.27. The van der Waals surface area contributed by atoms with Gasteiger partial charge in [0, 0.05) is 12.6 Å². The number of nitrogens with one attached hydrogen (secondary N) is 1. The molecule has 0 unspecified atom stereocenters. The van der Waals surface area contributed by atoms with E-state index in [1.165, 1.54) is 5.56 Å². The molecule has 1 aromatic heterocycles. The van der Waals surface area contributed by atoms with E-state index in [-0.39, 0.29) is 0 Å². The van der Waals surface area contributed by atoms with E-state index in [4.69, 9.17) is 5.73 Å². The Kier molecular flexibility index (Phi) is 3.55. The van der Waals surface area contributed by atoms with Crippen LogP contribution in [0.25, 0.3) is 0 Å². The minimum absolute atomic E-state index is 0.343. The molecule has 96 valence electrons. The highest BCUT2D eigenvalue weighted by atomic mass is 15.2. The summed E-state index contributed by atoms with van der Waals surface area (Å²) >= 11 is 0. The van der Waals surface area contributed by atoms with Gasteiger partial charge < -0.3 is 15.6 Å². The number of hydrogen-bond acceptors (Lipinski definition) is 3. The quantitative estimate of drug-likeness (QED) is 0.869. The number of H-pyrrole nitrogens is 1. The minimum Gasteiger partial charge on any atom is -0.382 e. The van der Waals surface area contributed by atoms with Gasteiger partial charge in [-0.3, -0.25) is 0 Å². The first-order valence-corrected chi connectivity index (χ1v) is 6.20. The van der Waals surface area contributed by atoms with Gasteiger partial charge in [-0.25, -0.2) is 4.98 Å². The molecule has 0 aliphatic rings. The lowest BCUT2D eigenvalue weighted by Crippen LogP contribution is -2.31. The average Bonchev–Trinajstić information content (AvgIpc) is 2.66. The van der Waals surface area contributed by atoms with Gasteiger partial charge in [-0.1, -0.05) is 30.3 Å². The fraction of sp³-hybridized carbons (Fsp3) is 0.357. The fourth-order valence-electron chi connectivity index (χ4n) is 2.00. The SMILES string of the molecule is Cc1nc(N(Cc2ccccc2)C(C)C)c(N)[nH]1. The Hall–Kier alpha value is -1.97. The summed E-state index contributed by atoms with van der Waals surface area (Å²) in [6.45, 7) is 7.02. The Bertz CT molecular complexity index is 502. The zero-order valence-electron chi connectivity index (χ0n) is 11.1. The second-order valence-corrected chi connectivity index (χ2v) is 4.77. The van der Waals surface area contributed by atoms with Gasteiger partial charge in [0.15, 0.2) is 5.82 Å². The van der Waals surface area contributed by atoms with Gasteiger partial charge in [0.1, 0.15) is 11.6 Å². The summed E-state index contributed by atoms with van der Waals surface area (Å²) in [7, 11) is 0. The number of aromatic nitrogens is 2. The smallest absolute Gasteiger partial charge is 0.171 e. The molecule has 0 saturated carbocycles. The first kappa shape index (κ1) is 12.5. The van der Waals surface area contributed by atoms with Crippen LogP contribution in [0.3, 0.4) is 0 Å². The summed E-state index contributed by atoms with van der Waals surface area (Å²) in [5.41, 5.74) is 7.23. The Morgan fingerprint density at radius 2 is 1.94 bits per heavy atom. The van der Waals surface area contributed by atoms with E-state index >= 15 is 0 Å². The lowest BCUT2D eigenvalue weighted by Gasteiger charge is -2.27. The number of nitrogens with zero attached hydrogens (tertiary/aromatic N) is 2. The van der Waals surface area contributed by atoms with E-state index in [9.17, 15) is 0 Å². The average molecular weight is 244 g/mol. The monoisotopic (exact) mass is 244 g/mol. The molecule has 0 amide bonds. The number of imidazole rings is 1. The number of nitrogens with two attached hydrogens (primary N) is 1. The second kappa shape index (κ2) is 5.12. The van der Waals surface area contributed by atoms with E-state index in [0.717, 1.165) is 18.2 Å². The minimum atomic E-state index is 0.343. The van der Waals surface area contributed by atoms with E-state index in [2.05, 4.69) is 40.8 Å². The maximum atomic E-state index is 5.97. The molecule has 0 aliphatic heterocycles. The van der Waals surface area contributed by atoms with Crippen molar-refractivity contribution in [2.45, 2.75) is 33.4 Å². The van der Waals surface area contributed by atoms with Gasteiger partial charge in [0.2, 0.25) is 0 Å². The topological polar surface area (TPSA) is 57.9 Å². The molecule has 0 fully saturated rings. The van der Waals surface area contributed by atoms with Gasteiger partial charge in [0.25, 0.3) is 0 Å². The number of anilines is 2. The molecule has 18 heavy (non-hydrogen) atoms.